The quantitative estimate of drug-likeness (QED) is 0.0818. The molecule has 0 saturated carbocycles. The average Bonchev–Trinajstić information content (AvgIpc) is 1.70. The molecule has 12 aromatic rings. The van der Waals surface area contributed by atoms with Crippen LogP contribution in [0, 0.1) is 55.7 Å². The van der Waals surface area contributed by atoms with Crippen molar-refractivity contribution in [2.24, 2.45) is 0 Å². The molecule has 6 aliphatic heterocycles. The van der Waals surface area contributed by atoms with Gasteiger partial charge < -0.3 is 44.5 Å². The number of hydrogen-bond acceptors (Lipinski definition) is 12. The Morgan fingerprint density at radius 3 is 0.937 bits per heavy atom. The van der Waals surface area contributed by atoms with E-state index >= 15 is 0 Å². The monoisotopic (exact) mass is 1860 g/mol. The van der Waals surface area contributed by atoms with Crippen LogP contribution in [0.25, 0.3) is 0 Å². The van der Waals surface area contributed by atoms with Crippen molar-refractivity contribution in [1.29, 1.82) is 0 Å². The van der Waals surface area contributed by atoms with E-state index in [1.54, 1.807) is 91.0 Å². The number of allylic oxidation sites excluding steroid dienone is 3. The van der Waals surface area contributed by atoms with Gasteiger partial charge in [0.05, 0.1) is 63.9 Å². The number of aryl methyl sites for hydroxylation is 3. The van der Waals surface area contributed by atoms with E-state index in [0.29, 0.717) is 155 Å². The van der Waals surface area contributed by atoms with Gasteiger partial charge in [-0.3, -0.25) is 14.4 Å². The minimum absolute atomic E-state index is 0.0661. The maximum atomic E-state index is 14.5. The highest BCUT2D eigenvalue weighted by molar-refractivity contribution is 6.43. The zero-order chi connectivity index (χ0) is 89.8. The summed E-state index contributed by atoms with van der Waals surface area (Å²) in [5.74, 6) is 0.887. The Labute approximate surface area is 767 Å². The van der Waals surface area contributed by atoms with Crippen LogP contribution in [0.15, 0.2) is 252 Å². The second-order valence-electron chi connectivity index (χ2n) is 31.5. The van der Waals surface area contributed by atoms with Gasteiger partial charge in [-0.1, -0.05) is 142 Å². The lowest BCUT2D eigenvalue weighted by Gasteiger charge is -2.41. The average molecular weight is 1860 g/mol. The molecule has 127 heavy (non-hydrogen) atoms. The number of carbonyl (C=O) groups excluding carboxylic acids is 3. The summed E-state index contributed by atoms with van der Waals surface area (Å²) < 4.78 is 85.3. The van der Waals surface area contributed by atoms with Crippen LogP contribution in [0.2, 0.25) is 30.1 Å². The number of piperazine rings is 3. The third-order valence-electron chi connectivity index (χ3n) is 23.3. The Hall–Kier alpha value is -11.4. The number of alkyl halides is 1. The first-order chi connectivity index (χ1) is 61.1. The van der Waals surface area contributed by atoms with Crippen molar-refractivity contribution >= 4 is 133 Å². The number of halogens is 13. The molecule has 18 nitrogen and oxygen atoms in total. The number of carbonyl (C=O) groups is 3. The molecule has 6 aliphatic rings. The zero-order valence-corrected chi connectivity index (χ0v) is 75.3. The first-order valence-corrected chi connectivity index (χ1v) is 44.0. The van der Waals surface area contributed by atoms with E-state index in [2.05, 4.69) is 25.1 Å². The summed E-state index contributed by atoms with van der Waals surface area (Å²) in [6.07, 6.45) is 0. The topological polar surface area (TPSA) is 143 Å². The van der Waals surface area contributed by atoms with E-state index in [1.807, 2.05) is 135 Å². The Kier molecular flexibility index (Phi) is 28.1. The van der Waals surface area contributed by atoms with Crippen LogP contribution >= 0.6 is 81.2 Å². The number of benzene rings is 9. The van der Waals surface area contributed by atoms with Crippen molar-refractivity contribution in [2.75, 3.05) is 108 Å². The summed E-state index contributed by atoms with van der Waals surface area (Å²) in [6.45, 7) is 19.2. The van der Waals surface area contributed by atoms with Crippen LogP contribution < -0.4 is 29.8 Å². The third-order valence-corrected chi connectivity index (χ3v) is 26.1. The molecule has 0 radical (unpaired) electrons. The second kappa shape index (κ2) is 39.5. The molecule has 3 amide bonds. The molecular formula is C96H88Cl7F6N15O3. The smallest absolute Gasteiger partial charge is 0.254 e. The second-order valence-corrected chi connectivity index (χ2v) is 34.2. The minimum atomic E-state index is -0.605. The molecule has 31 heteroatoms. The molecule has 1 N–H and O–H groups in total. The third kappa shape index (κ3) is 19.9. The van der Waals surface area contributed by atoms with E-state index in [0.717, 1.165) is 90.9 Å². The fraction of sp³-hybridized carbons (Fsp3) is 0.250. The Morgan fingerprint density at radius 1 is 0.346 bits per heavy atom. The highest BCUT2D eigenvalue weighted by atomic mass is 35.5. The molecule has 656 valence electrons. The van der Waals surface area contributed by atoms with Gasteiger partial charge in [0, 0.05) is 167 Å². The van der Waals surface area contributed by atoms with Crippen LogP contribution in [-0.4, -0.2) is 140 Å². The molecular weight excluding hydrogens is 1770 g/mol. The predicted octanol–water partition coefficient (Wildman–Crippen LogP) is 21.9. The van der Waals surface area contributed by atoms with Gasteiger partial charge in [0.25, 0.3) is 17.7 Å². The van der Waals surface area contributed by atoms with Crippen molar-refractivity contribution in [1.82, 2.24) is 44.0 Å². The number of rotatable bonds is 14. The van der Waals surface area contributed by atoms with Gasteiger partial charge in [0.1, 0.15) is 70.5 Å². The van der Waals surface area contributed by atoms with Crippen molar-refractivity contribution in [3.63, 3.8) is 0 Å². The highest BCUT2D eigenvalue weighted by Crippen LogP contribution is 2.48. The largest absolute Gasteiger partial charge is 0.368 e. The van der Waals surface area contributed by atoms with Gasteiger partial charge in [0.15, 0.2) is 0 Å². The minimum Gasteiger partial charge on any atom is -0.368 e. The maximum absolute atomic E-state index is 14.5. The van der Waals surface area contributed by atoms with E-state index in [-0.39, 0.29) is 52.6 Å². The van der Waals surface area contributed by atoms with Crippen LogP contribution in [0.5, 0.6) is 0 Å². The number of anilines is 6. The molecule has 0 spiro atoms. The summed E-state index contributed by atoms with van der Waals surface area (Å²) >= 11 is 44.9. The first kappa shape index (κ1) is 90.4. The zero-order valence-electron chi connectivity index (χ0n) is 70.0. The summed E-state index contributed by atoms with van der Waals surface area (Å²) in [5, 5.41) is 20.0. The number of aromatic nitrogens is 6. The van der Waals surface area contributed by atoms with E-state index in [4.69, 9.17) is 91.4 Å². The fourth-order valence-corrected chi connectivity index (χ4v) is 18.2. The molecule has 9 aromatic carbocycles. The molecule has 3 aromatic heterocycles. The number of nitrogens with one attached hydrogen (secondary N) is 1. The van der Waals surface area contributed by atoms with E-state index < -0.39 is 18.1 Å². The van der Waals surface area contributed by atoms with Crippen molar-refractivity contribution in [3.8, 4) is 0 Å². The Morgan fingerprint density at radius 2 is 0.622 bits per heavy atom. The van der Waals surface area contributed by atoms with E-state index in [9.17, 15) is 40.7 Å². The Balaban J connectivity index is 0.000000140. The summed E-state index contributed by atoms with van der Waals surface area (Å²) in [4.78, 5) is 59.0. The van der Waals surface area contributed by atoms with Gasteiger partial charge >= 0.3 is 0 Å². The first-order valence-electron chi connectivity index (χ1n) is 41.2. The SMILES string of the molecule is CC1=C(C(=O)N2CCN(c3ccc(F)cc3)CC2)C(c2cccc(Cl)c2Cl)n2nc(C)cc2N1.CC1=C(C(=O)N2CCN(c3ccc(F)cc3)CC2)C(c2cccc(Cl)c2Cl)n2nc(C)cc2N1Cc1ccc(F)cc1.CC1=C(C(=O)N2CCN(c3ccc(F)cc3)CC2)C(c2cccc(Cl)c2Cl)n2nc(C)cc2N1Cc1ccc(F)cc1.Fc1ccc(CCl)cc1. The van der Waals surface area contributed by atoms with Crippen LogP contribution in [0.1, 0.15) is 89.4 Å². The number of hydrogen-bond donors (Lipinski definition) is 1. The van der Waals surface area contributed by atoms with Gasteiger partial charge in [-0.2, -0.15) is 15.3 Å². The van der Waals surface area contributed by atoms with Crippen molar-refractivity contribution in [3.05, 3.63) is 368 Å². The predicted molar refractivity (Wildman–Crippen MR) is 493 cm³/mol. The van der Waals surface area contributed by atoms with Crippen LogP contribution in [0.4, 0.5) is 60.9 Å². The molecule has 3 saturated heterocycles. The summed E-state index contributed by atoms with van der Waals surface area (Å²) in [5.41, 5.74) is 14.0. The normalized spacial score (nSPS) is 16.8. The van der Waals surface area contributed by atoms with Crippen molar-refractivity contribution in [2.45, 2.75) is 78.6 Å². The molecule has 3 atom stereocenters. The number of fused-ring (bicyclic) bond motifs is 3. The summed E-state index contributed by atoms with van der Waals surface area (Å²) in [6, 6.07) is 58.6. The molecule has 18 rings (SSSR count). The Bertz CT molecular complexity index is 5880. The molecule has 9 heterocycles. The molecule has 0 bridgehead atoms. The standard InChI is InChI=1S/2C32H29Cl2F2N5O.C25H24Cl2FN5O.C7H6ClF/c2*1-20-18-28-40(19-22-6-8-23(35)9-7-22)21(2)29(31(41(28)37-20)26-4-3-5-27(33)30(26)34)32(42)39-16-14-38(15-17-39)25-12-10-24(36)11-13-25;1-15-14-21-29-16(2)22(24(33(21)30-15)19-4-3-5-20(26)23(19)27)25(34)32-12-10-31(11-13-32)18-8-6-17(28)7-9-18;8-5-6-1-3-7(9)4-2-6/h2*3-13,18,31H,14-17,19H2,1-2H3;3-9,14,24,29H,10-13H2,1-2H3;1-4H,5H2. The van der Waals surface area contributed by atoms with Gasteiger partial charge in [-0.05, 0) is 186 Å². The number of amides is 3. The van der Waals surface area contributed by atoms with Crippen LogP contribution in [0.3, 0.4) is 0 Å². The lowest BCUT2D eigenvalue weighted by molar-refractivity contribution is -0.128. The van der Waals surface area contributed by atoms with E-state index in [1.165, 1.54) is 72.8 Å². The lowest BCUT2D eigenvalue weighted by atomic mass is 9.93. The molecule has 0 aliphatic carbocycles. The van der Waals surface area contributed by atoms with Gasteiger partial charge in [0.2, 0.25) is 0 Å². The summed E-state index contributed by atoms with van der Waals surface area (Å²) in [7, 11) is 0. The molecule has 3 fully saturated rings. The highest BCUT2D eigenvalue weighted by Gasteiger charge is 2.44. The van der Waals surface area contributed by atoms with Crippen molar-refractivity contribution < 1.29 is 40.7 Å². The maximum Gasteiger partial charge on any atom is 0.254 e. The molecule has 3 unspecified atom stereocenters. The number of nitrogens with zero attached hydrogens (tertiary/aromatic N) is 14. The van der Waals surface area contributed by atoms with Gasteiger partial charge in [-0.25, -0.2) is 40.4 Å². The van der Waals surface area contributed by atoms with Crippen LogP contribution in [-0.2, 0) is 33.4 Å². The fourth-order valence-electron chi connectivity index (χ4n) is 16.8. The van der Waals surface area contributed by atoms with Gasteiger partial charge in [-0.15, -0.1) is 11.6 Å². The lowest BCUT2D eigenvalue weighted by Crippen LogP contribution is -2.50.